The first kappa shape index (κ1) is 15.5. The van der Waals surface area contributed by atoms with Crippen molar-refractivity contribution in [3.63, 3.8) is 0 Å². The Balaban J connectivity index is 2.74. The van der Waals surface area contributed by atoms with Crippen molar-refractivity contribution in [3.05, 3.63) is 29.8 Å². The largest absolute Gasteiger partial charge is 0.491 e. The molecule has 1 aromatic rings. The van der Waals surface area contributed by atoms with Crippen molar-refractivity contribution >= 4 is 5.91 Å². The second-order valence-electron chi connectivity index (χ2n) is 5.59. The van der Waals surface area contributed by atoms with Crippen LogP contribution in [0.4, 0.5) is 0 Å². The van der Waals surface area contributed by atoms with Crippen molar-refractivity contribution < 1.29 is 9.53 Å². The van der Waals surface area contributed by atoms with Gasteiger partial charge >= 0.3 is 0 Å². The molecular weight excluding hydrogens is 240 g/mol. The molecule has 0 heterocycles. The molecule has 0 saturated carbocycles. The Morgan fingerprint density at radius 2 is 2.00 bits per heavy atom. The second-order valence-corrected chi connectivity index (χ2v) is 5.59. The lowest BCUT2D eigenvalue weighted by Crippen LogP contribution is -2.49. The van der Waals surface area contributed by atoms with Gasteiger partial charge in [-0.05, 0) is 33.8 Å². The SMILES string of the molecule is CC(C)Oc1ccccc1CC(=O)NC(C)(C)CN. The number of nitrogens with one attached hydrogen (secondary N) is 1. The van der Waals surface area contributed by atoms with E-state index < -0.39 is 0 Å². The molecule has 4 heteroatoms. The normalized spacial score (nSPS) is 11.5. The van der Waals surface area contributed by atoms with Gasteiger partial charge in [0.25, 0.3) is 0 Å². The van der Waals surface area contributed by atoms with Gasteiger partial charge in [0.1, 0.15) is 5.75 Å². The lowest BCUT2D eigenvalue weighted by atomic mass is 10.0. The van der Waals surface area contributed by atoms with Gasteiger partial charge in [-0.15, -0.1) is 0 Å². The zero-order valence-corrected chi connectivity index (χ0v) is 12.2. The van der Waals surface area contributed by atoms with E-state index in [1.54, 1.807) is 0 Å². The lowest BCUT2D eigenvalue weighted by Gasteiger charge is -2.24. The molecule has 106 valence electrons. The van der Waals surface area contributed by atoms with Crippen LogP contribution < -0.4 is 15.8 Å². The van der Waals surface area contributed by atoms with Crippen molar-refractivity contribution in [3.8, 4) is 5.75 Å². The summed E-state index contributed by atoms with van der Waals surface area (Å²) >= 11 is 0. The van der Waals surface area contributed by atoms with E-state index in [1.807, 2.05) is 52.0 Å². The van der Waals surface area contributed by atoms with Crippen molar-refractivity contribution in [2.45, 2.75) is 45.8 Å². The van der Waals surface area contributed by atoms with Gasteiger partial charge in [0.05, 0.1) is 12.5 Å². The van der Waals surface area contributed by atoms with E-state index in [0.29, 0.717) is 13.0 Å². The van der Waals surface area contributed by atoms with Gasteiger partial charge in [-0.3, -0.25) is 4.79 Å². The molecule has 0 aliphatic heterocycles. The molecule has 0 aliphatic carbocycles. The highest BCUT2D eigenvalue weighted by molar-refractivity contribution is 5.80. The van der Waals surface area contributed by atoms with Gasteiger partial charge in [-0.2, -0.15) is 0 Å². The molecule has 0 bridgehead atoms. The quantitative estimate of drug-likeness (QED) is 0.824. The van der Waals surface area contributed by atoms with Gasteiger partial charge in [0.2, 0.25) is 5.91 Å². The van der Waals surface area contributed by atoms with Crippen LogP contribution in [-0.2, 0) is 11.2 Å². The van der Waals surface area contributed by atoms with E-state index in [-0.39, 0.29) is 17.6 Å². The fourth-order valence-corrected chi connectivity index (χ4v) is 1.66. The van der Waals surface area contributed by atoms with E-state index in [1.165, 1.54) is 0 Å². The van der Waals surface area contributed by atoms with Crippen LogP contribution in [0.3, 0.4) is 0 Å². The number of rotatable bonds is 6. The van der Waals surface area contributed by atoms with Crippen molar-refractivity contribution in [1.82, 2.24) is 5.32 Å². The summed E-state index contributed by atoms with van der Waals surface area (Å²) in [6.07, 6.45) is 0.386. The Bertz CT molecular complexity index is 428. The van der Waals surface area contributed by atoms with E-state index in [0.717, 1.165) is 11.3 Å². The maximum atomic E-state index is 12.0. The fraction of sp³-hybridized carbons (Fsp3) is 0.533. The van der Waals surface area contributed by atoms with Crippen LogP contribution in [0.15, 0.2) is 24.3 Å². The summed E-state index contributed by atoms with van der Waals surface area (Å²) < 4.78 is 5.70. The molecule has 1 rings (SSSR count). The third kappa shape index (κ3) is 5.30. The van der Waals surface area contributed by atoms with Crippen molar-refractivity contribution in [1.29, 1.82) is 0 Å². The molecule has 0 radical (unpaired) electrons. The van der Waals surface area contributed by atoms with Crippen LogP contribution in [0.25, 0.3) is 0 Å². The summed E-state index contributed by atoms with van der Waals surface area (Å²) in [5, 5.41) is 2.92. The summed E-state index contributed by atoms with van der Waals surface area (Å²) in [5.74, 6) is 0.716. The predicted molar refractivity (Wildman–Crippen MR) is 77.2 cm³/mol. The number of benzene rings is 1. The highest BCUT2D eigenvalue weighted by Crippen LogP contribution is 2.20. The third-order valence-corrected chi connectivity index (χ3v) is 2.67. The molecule has 3 N–H and O–H groups in total. The molecular formula is C15H24N2O2. The van der Waals surface area contributed by atoms with Gasteiger partial charge < -0.3 is 15.8 Å². The molecule has 1 amide bonds. The predicted octanol–water partition coefficient (Wildman–Crippen LogP) is 1.87. The third-order valence-electron chi connectivity index (χ3n) is 2.67. The van der Waals surface area contributed by atoms with Crippen molar-refractivity contribution in [2.75, 3.05) is 6.54 Å². The smallest absolute Gasteiger partial charge is 0.225 e. The average molecular weight is 264 g/mol. The van der Waals surface area contributed by atoms with E-state index in [2.05, 4.69) is 5.32 Å². The fourth-order valence-electron chi connectivity index (χ4n) is 1.66. The minimum atomic E-state index is -0.384. The lowest BCUT2D eigenvalue weighted by molar-refractivity contribution is -0.121. The molecule has 0 aromatic heterocycles. The number of carbonyl (C=O) groups is 1. The molecule has 0 saturated heterocycles. The Morgan fingerprint density at radius 3 is 2.58 bits per heavy atom. The van der Waals surface area contributed by atoms with E-state index in [4.69, 9.17) is 10.5 Å². The summed E-state index contributed by atoms with van der Waals surface area (Å²) in [7, 11) is 0. The Kier molecular flexibility index (Phi) is 5.36. The van der Waals surface area contributed by atoms with Crippen LogP contribution >= 0.6 is 0 Å². The molecule has 19 heavy (non-hydrogen) atoms. The molecule has 0 aliphatic rings. The van der Waals surface area contributed by atoms with E-state index in [9.17, 15) is 4.79 Å². The summed E-state index contributed by atoms with van der Waals surface area (Å²) in [6, 6.07) is 7.61. The summed E-state index contributed by atoms with van der Waals surface area (Å²) in [6.45, 7) is 8.15. The average Bonchev–Trinajstić information content (AvgIpc) is 2.30. The zero-order chi connectivity index (χ0) is 14.5. The van der Waals surface area contributed by atoms with Crippen LogP contribution in [0.2, 0.25) is 0 Å². The summed E-state index contributed by atoms with van der Waals surface area (Å²) in [4.78, 5) is 12.0. The minimum absolute atomic E-state index is 0.0461. The first-order valence-corrected chi connectivity index (χ1v) is 6.59. The van der Waals surface area contributed by atoms with Gasteiger partial charge in [-0.1, -0.05) is 18.2 Å². The first-order chi connectivity index (χ1) is 8.84. The molecule has 0 atom stereocenters. The topological polar surface area (TPSA) is 64.3 Å². The molecule has 0 unspecified atom stereocenters. The second kappa shape index (κ2) is 6.57. The number of amides is 1. The van der Waals surface area contributed by atoms with Crippen LogP contribution in [0, 0.1) is 0 Å². The molecule has 0 spiro atoms. The van der Waals surface area contributed by atoms with Crippen molar-refractivity contribution in [2.24, 2.45) is 5.73 Å². The maximum Gasteiger partial charge on any atom is 0.225 e. The number of hydrogen-bond donors (Lipinski definition) is 2. The molecule has 0 fully saturated rings. The van der Waals surface area contributed by atoms with Gasteiger partial charge in [-0.25, -0.2) is 0 Å². The van der Waals surface area contributed by atoms with Crippen LogP contribution in [-0.4, -0.2) is 24.1 Å². The molecule has 1 aromatic carbocycles. The summed E-state index contributed by atoms with van der Waals surface area (Å²) in [5.41, 5.74) is 6.11. The number of carbonyl (C=O) groups excluding carboxylic acids is 1. The highest BCUT2D eigenvalue weighted by atomic mass is 16.5. The number of ether oxygens (including phenoxy) is 1. The maximum absolute atomic E-state index is 12.0. The standard InChI is InChI=1S/C15H24N2O2/c1-11(2)19-13-8-6-5-7-12(13)9-14(18)17-15(3,4)10-16/h5-8,11H,9-10,16H2,1-4H3,(H,17,18). The highest BCUT2D eigenvalue weighted by Gasteiger charge is 2.19. The van der Waals surface area contributed by atoms with E-state index >= 15 is 0 Å². The number of nitrogens with two attached hydrogens (primary N) is 1. The monoisotopic (exact) mass is 264 g/mol. The molecule has 4 nitrogen and oxygen atoms in total. The van der Waals surface area contributed by atoms with Crippen LogP contribution in [0.1, 0.15) is 33.3 Å². The van der Waals surface area contributed by atoms with Gasteiger partial charge in [0, 0.05) is 17.6 Å². The minimum Gasteiger partial charge on any atom is -0.491 e. The van der Waals surface area contributed by atoms with Gasteiger partial charge in [0.15, 0.2) is 0 Å². The zero-order valence-electron chi connectivity index (χ0n) is 12.2. The Hall–Kier alpha value is -1.55. The van der Waals surface area contributed by atoms with Crippen LogP contribution in [0.5, 0.6) is 5.75 Å². The Morgan fingerprint density at radius 1 is 1.37 bits per heavy atom. The Labute approximate surface area is 115 Å². The number of hydrogen-bond acceptors (Lipinski definition) is 3. The number of para-hydroxylation sites is 1. The first-order valence-electron chi connectivity index (χ1n) is 6.59.